The molecule has 1 aromatic heterocycles. The molecule has 2 aliphatic rings. The third-order valence-electron chi connectivity index (χ3n) is 6.82. The van der Waals surface area contributed by atoms with E-state index < -0.39 is 5.97 Å². The number of carbonyl (C=O) groups is 1. The fraction of sp³-hybridized carbons (Fsp3) is 0.591. The summed E-state index contributed by atoms with van der Waals surface area (Å²) in [6, 6.07) is 9.20. The van der Waals surface area contributed by atoms with Crippen molar-refractivity contribution in [3.05, 3.63) is 35.5 Å². The van der Waals surface area contributed by atoms with Crippen molar-refractivity contribution < 1.29 is 15.0 Å². The Hall–Kier alpha value is -1.85. The SMILES string of the molecule is Cc1c(C(=O)O)c2ccccc2n1[C@H](C)C1CCC(NC2CC(O)C2)CC1. The minimum Gasteiger partial charge on any atom is -0.478 e. The molecule has 2 aromatic rings. The molecule has 1 heterocycles. The van der Waals surface area contributed by atoms with Crippen LogP contribution in [0.3, 0.4) is 0 Å². The van der Waals surface area contributed by atoms with Crippen LogP contribution in [0.25, 0.3) is 10.9 Å². The van der Waals surface area contributed by atoms with E-state index in [1.165, 1.54) is 0 Å². The largest absolute Gasteiger partial charge is 0.478 e. The lowest BCUT2D eigenvalue weighted by atomic mass is 9.80. The molecule has 0 radical (unpaired) electrons. The number of rotatable bonds is 5. The highest BCUT2D eigenvalue weighted by atomic mass is 16.4. The molecule has 5 nitrogen and oxygen atoms in total. The van der Waals surface area contributed by atoms with Crippen LogP contribution in [0.2, 0.25) is 0 Å². The molecule has 146 valence electrons. The Kier molecular flexibility index (Phi) is 4.99. The van der Waals surface area contributed by atoms with Crippen molar-refractivity contribution in [3.8, 4) is 0 Å². The number of aromatic carboxylic acids is 1. The first-order chi connectivity index (χ1) is 13.0. The number of para-hydroxylation sites is 1. The smallest absolute Gasteiger partial charge is 0.338 e. The lowest BCUT2D eigenvalue weighted by Gasteiger charge is -2.39. The molecule has 1 aromatic carbocycles. The van der Waals surface area contributed by atoms with Crippen molar-refractivity contribution in [2.45, 2.75) is 76.6 Å². The Morgan fingerprint density at radius 2 is 1.81 bits per heavy atom. The average Bonchev–Trinajstić information content (AvgIpc) is 2.92. The Bertz CT molecular complexity index is 829. The van der Waals surface area contributed by atoms with Crippen LogP contribution in [0.15, 0.2) is 24.3 Å². The summed E-state index contributed by atoms with van der Waals surface area (Å²) in [7, 11) is 0. The molecule has 2 saturated carbocycles. The maximum absolute atomic E-state index is 11.8. The minimum atomic E-state index is -0.842. The predicted octanol–water partition coefficient (Wildman–Crippen LogP) is 3.88. The maximum Gasteiger partial charge on any atom is 0.338 e. The number of carboxylic acid groups (broad SMARTS) is 1. The second kappa shape index (κ2) is 7.28. The monoisotopic (exact) mass is 370 g/mol. The van der Waals surface area contributed by atoms with Gasteiger partial charge in [0.1, 0.15) is 0 Å². The number of nitrogens with zero attached hydrogens (tertiary/aromatic N) is 1. The van der Waals surface area contributed by atoms with Crippen LogP contribution < -0.4 is 5.32 Å². The van der Waals surface area contributed by atoms with E-state index in [4.69, 9.17) is 0 Å². The molecule has 0 saturated heterocycles. The number of carboxylic acids is 1. The van der Waals surface area contributed by atoms with Crippen molar-refractivity contribution in [1.29, 1.82) is 0 Å². The molecule has 0 bridgehead atoms. The summed E-state index contributed by atoms with van der Waals surface area (Å²) in [6.07, 6.45) is 6.31. The second-order valence-corrected chi connectivity index (χ2v) is 8.49. The fourth-order valence-corrected chi connectivity index (χ4v) is 5.22. The summed E-state index contributed by atoms with van der Waals surface area (Å²) in [4.78, 5) is 11.8. The summed E-state index contributed by atoms with van der Waals surface area (Å²) in [6.45, 7) is 4.18. The van der Waals surface area contributed by atoms with Gasteiger partial charge in [0.25, 0.3) is 0 Å². The van der Waals surface area contributed by atoms with Crippen molar-refractivity contribution >= 4 is 16.9 Å². The van der Waals surface area contributed by atoms with Gasteiger partial charge in [0.2, 0.25) is 0 Å². The number of hydrogen-bond donors (Lipinski definition) is 3. The number of aromatic nitrogens is 1. The van der Waals surface area contributed by atoms with Gasteiger partial charge in [-0.15, -0.1) is 0 Å². The van der Waals surface area contributed by atoms with E-state index in [0.29, 0.717) is 23.6 Å². The van der Waals surface area contributed by atoms with Gasteiger partial charge in [-0.3, -0.25) is 0 Å². The van der Waals surface area contributed by atoms with Gasteiger partial charge in [0.15, 0.2) is 0 Å². The highest BCUT2D eigenvalue weighted by Crippen LogP contribution is 2.38. The molecular weight excluding hydrogens is 340 g/mol. The quantitative estimate of drug-likeness (QED) is 0.747. The predicted molar refractivity (Wildman–Crippen MR) is 106 cm³/mol. The molecule has 5 heteroatoms. The van der Waals surface area contributed by atoms with Crippen LogP contribution >= 0.6 is 0 Å². The summed E-state index contributed by atoms with van der Waals surface area (Å²) < 4.78 is 2.25. The third kappa shape index (κ3) is 3.39. The zero-order valence-corrected chi connectivity index (χ0v) is 16.2. The second-order valence-electron chi connectivity index (χ2n) is 8.49. The lowest BCUT2D eigenvalue weighted by molar-refractivity contribution is 0.0533. The van der Waals surface area contributed by atoms with Gasteiger partial charge in [-0.25, -0.2) is 4.79 Å². The summed E-state index contributed by atoms with van der Waals surface area (Å²) >= 11 is 0. The fourth-order valence-electron chi connectivity index (χ4n) is 5.22. The number of aliphatic hydroxyl groups excluding tert-OH is 1. The number of aliphatic hydroxyl groups is 1. The molecule has 3 N–H and O–H groups in total. The van der Waals surface area contributed by atoms with E-state index in [1.807, 2.05) is 31.2 Å². The van der Waals surface area contributed by atoms with E-state index >= 15 is 0 Å². The molecule has 0 aliphatic heterocycles. The number of hydrogen-bond acceptors (Lipinski definition) is 3. The Morgan fingerprint density at radius 3 is 2.44 bits per heavy atom. The van der Waals surface area contributed by atoms with Gasteiger partial charge in [0.05, 0.1) is 11.7 Å². The summed E-state index contributed by atoms with van der Waals surface area (Å²) in [5.74, 6) is -0.281. The van der Waals surface area contributed by atoms with E-state index in [0.717, 1.165) is 55.1 Å². The van der Waals surface area contributed by atoms with E-state index in [-0.39, 0.29) is 12.1 Å². The number of nitrogens with one attached hydrogen (secondary N) is 1. The molecule has 4 rings (SSSR count). The van der Waals surface area contributed by atoms with Gasteiger partial charge < -0.3 is 20.1 Å². The Morgan fingerprint density at radius 1 is 1.15 bits per heavy atom. The van der Waals surface area contributed by atoms with Gasteiger partial charge in [-0.1, -0.05) is 18.2 Å². The van der Waals surface area contributed by atoms with Crippen LogP contribution in [0.1, 0.15) is 67.5 Å². The average molecular weight is 370 g/mol. The first-order valence-corrected chi connectivity index (χ1v) is 10.2. The zero-order chi connectivity index (χ0) is 19.1. The van der Waals surface area contributed by atoms with Crippen LogP contribution in [0.5, 0.6) is 0 Å². The van der Waals surface area contributed by atoms with Crippen molar-refractivity contribution in [2.75, 3.05) is 0 Å². The van der Waals surface area contributed by atoms with E-state index in [9.17, 15) is 15.0 Å². The third-order valence-corrected chi connectivity index (χ3v) is 6.82. The van der Waals surface area contributed by atoms with Crippen molar-refractivity contribution in [2.24, 2.45) is 5.92 Å². The minimum absolute atomic E-state index is 0.104. The first kappa shape index (κ1) is 18.5. The van der Waals surface area contributed by atoms with Gasteiger partial charge in [-0.2, -0.15) is 0 Å². The lowest BCUT2D eigenvalue weighted by Crippen LogP contribution is -2.49. The maximum atomic E-state index is 11.8. The number of fused-ring (bicyclic) bond motifs is 1. The van der Waals surface area contributed by atoms with Gasteiger partial charge in [-0.05, 0) is 64.4 Å². The van der Waals surface area contributed by atoms with E-state index in [1.54, 1.807) is 0 Å². The van der Waals surface area contributed by atoms with Gasteiger partial charge >= 0.3 is 5.97 Å². The normalized spacial score (nSPS) is 29.4. The number of benzene rings is 1. The molecule has 27 heavy (non-hydrogen) atoms. The highest BCUT2D eigenvalue weighted by Gasteiger charge is 2.33. The zero-order valence-electron chi connectivity index (χ0n) is 16.2. The first-order valence-electron chi connectivity index (χ1n) is 10.2. The topological polar surface area (TPSA) is 74.5 Å². The molecular formula is C22H30N2O3. The summed E-state index contributed by atoms with van der Waals surface area (Å²) in [5, 5.41) is 23.7. The van der Waals surface area contributed by atoms with Crippen LogP contribution in [0.4, 0.5) is 0 Å². The molecule has 2 aliphatic carbocycles. The summed E-state index contributed by atoms with van der Waals surface area (Å²) in [5.41, 5.74) is 2.33. The molecule has 1 atom stereocenters. The van der Waals surface area contributed by atoms with Crippen LogP contribution in [-0.2, 0) is 0 Å². The van der Waals surface area contributed by atoms with Crippen molar-refractivity contribution in [1.82, 2.24) is 9.88 Å². The molecule has 2 fully saturated rings. The van der Waals surface area contributed by atoms with Crippen LogP contribution in [-0.4, -0.2) is 38.9 Å². The molecule has 0 amide bonds. The standard InChI is InChI=1S/C22H30N2O3/c1-13(15-7-9-16(10-8-15)23-17-11-18(25)12-17)24-14(2)21(22(26)27)19-5-3-4-6-20(19)24/h3-6,13,15-18,23,25H,7-12H2,1-2H3,(H,26,27)/t13-,15?,16?,17?,18?/m1/s1. The Labute approximate surface area is 160 Å². The van der Waals surface area contributed by atoms with E-state index in [2.05, 4.69) is 16.8 Å². The Balaban J connectivity index is 1.50. The highest BCUT2D eigenvalue weighted by molar-refractivity contribution is 6.05. The van der Waals surface area contributed by atoms with Gasteiger partial charge in [0, 0.05) is 34.7 Å². The molecule has 0 spiro atoms. The molecule has 0 unspecified atom stereocenters. The van der Waals surface area contributed by atoms with Crippen LogP contribution in [0, 0.1) is 12.8 Å². The van der Waals surface area contributed by atoms with Crippen molar-refractivity contribution in [3.63, 3.8) is 0 Å².